The lowest BCUT2D eigenvalue weighted by Gasteiger charge is -2.08. The third kappa shape index (κ3) is 3.93. The van der Waals surface area contributed by atoms with Crippen molar-refractivity contribution in [3.8, 4) is 11.5 Å². The lowest BCUT2D eigenvalue weighted by Crippen LogP contribution is -2.11. The molecule has 0 aliphatic carbocycles. The van der Waals surface area contributed by atoms with Crippen LogP contribution >= 0.6 is 11.6 Å². The Bertz CT molecular complexity index is 1020. The predicted molar refractivity (Wildman–Crippen MR) is 105 cm³/mol. The zero-order chi connectivity index (χ0) is 18.6. The van der Waals surface area contributed by atoms with Gasteiger partial charge in [0.25, 0.3) is 5.91 Å². The second kappa shape index (κ2) is 7.51. The highest BCUT2D eigenvalue weighted by Crippen LogP contribution is 2.39. The van der Waals surface area contributed by atoms with Crippen LogP contribution < -0.4 is 14.8 Å². The van der Waals surface area contributed by atoms with Crippen LogP contribution in [-0.2, 0) is 0 Å². The number of nitrogens with zero attached hydrogens (tertiary/aromatic N) is 1. The molecule has 0 atom stereocenters. The van der Waals surface area contributed by atoms with Crippen molar-refractivity contribution in [2.45, 2.75) is 0 Å². The number of halogens is 1. The third-order valence-electron chi connectivity index (χ3n) is 3.97. The molecule has 1 amide bonds. The van der Waals surface area contributed by atoms with Crippen LogP contribution in [-0.4, -0.2) is 17.7 Å². The van der Waals surface area contributed by atoms with Gasteiger partial charge in [0.1, 0.15) is 0 Å². The van der Waals surface area contributed by atoms with E-state index in [1.54, 1.807) is 18.3 Å². The van der Waals surface area contributed by atoms with Gasteiger partial charge in [-0.3, -0.25) is 9.78 Å². The largest absolute Gasteiger partial charge is 0.454 e. The Balaban J connectivity index is 1.51. The molecule has 1 aliphatic rings. The van der Waals surface area contributed by atoms with Gasteiger partial charge in [0.05, 0.1) is 10.7 Å². The molecule has 1 aromatic heterocycles. The van der Waals surface area contributed by atoms with Crippen molar-refractivity contribution < 1.29 is 14.3 Å². The van der Waals surface area contributed by atoms with E-state index in [0.717, 1.165) is 11.3 Å². The number of rotatable bonds is 4. The van der Waals surface area contributed by atoms with Gasteiger partial charge >= 0.3 is 0 Å². The van der Waals surface area contributed by atoms with E-state index in [1.165, 1.54) is 0 Å². The summed E-state index contributed by atoms with van der Waals surface area (Å²) in [6.07, 6.45) is 5.60. The van der Waals surface area contributed by atoms with Gasteiger partial charge in [-0.25, -0.2) is 0 Å². The van der Waals surface area contributed by atoms with Crippen molar-refractivity contribution in [2.75, 3.05) is 12.1 Å². The summed E-state index contributed by atoms with van der Waals surface area (Å²) in [5, 5.41) is 3.22. The standard InChI is InChI=1S/C21H15ClN2O3/c22-18-11-15(12-19-20(18)27-13-26-19)21(25)24-17-6-3-4-14(10-17)7-8-16-5-1-2-9-23-16/h1-12H,13H2,(H,24,25). The summed E-state index contributed by atoms with van der Waals surface area (Å²) < 4.78 is 10.6. The minimum Gasteiger partial charge on any atom is -0.454 e. The van der Waals surface area contributed by atoms with E-state index in [9.17, 15) is 4.79 Å². The molecule has 1 N–H and O–H groups in total. The van der Waals surface area contributed by atoms with Gasteiger partial charge in [0.15, 0.2) is 11.5 Å². The summed E-state index contributed by atoms with van der Waals surface area (Å²) in [5.41, 5.74) is 2.89. The molecular weight excluding hydrogens is 364 g/mol. The quantitative estimate of drug-likeness (QED) is 0.702. The molecule has 0 radical (unpaired) electrons. The minimum absolute atomic E-state index is 0.102. The molecule has 0 unspecified atom stereocenters. The zero-order valence-corrected chi connectivity index (χ0v) is 14.9. The smallest absolute Gasteiger partial charge is 0.255 e. The normalized spacial score (nSPS) is 12.3. The highest BCUT2D eigenvalue weighted by atomic mass is 35.5. The third-order valence-corrected chi connectivity index (χ3v) is 4.25. The van der Waals surface area contributed by atoms with Gasteiger partial charge < -0.3 is 14.8 Å². The number of pyridine rings is 1. The van der Waals surface area contributed by atoms with Crippen molar-refractivity contribution >= 4 is 35.3 Å². The number of hydrogen-bond donors (Lipinski definition) is 1. The fraction of sp³-hybridized carbons (Fsp3) is 0.0476. The number of aromatic nitrogens is 1. The maximum absolute atomic E-state index is 12.6. The SMILES string of the molecule is O=C(Nc1cccc(C=Cc2ccccn2)c1)c1cc(Cl)c2c(c1)OCO2. The van der Waals surface area contributed by atoms with E-state index in [-0.39, 0.29) is 12.7 Å². The molecule has 0 fully saturated rings. The maximum atomic E-state index is 12.6. The summed E-state index contributed by atoms with van der Waals surface area (Å²) in [6.45, 7) is 0.102. The van der Waals surface area contributed by atoms with E-state index in [0.29, 0.717) is 27.8 Å². The van der Waals surface area contributed by atoms with Crippen molar-refractivity contribution in [3.05, 3.63) is 82.6 Å². The van der Waals surface area contributed by atoms with Gasteiger partial charge in [-0.2, -0.15) is 0 Å². The number of carbonyl (C=O) groups excluding carboxylic acids is 1. The Labute approximate surface area is 161 Å². The maximum Gasteiger partial charge on any atom is 0.255 e. The van der Waals surface area contributed by atoms with Gasteiger partial charge in [-0.1, -0.05) is 35.9 Å². The summed E-state index contributed by atoms with van der Waals surface area (Å²) in [4.78, 5) is 16.8. The van der Waals surface area contributed by atoms with Gasteiger partial charge in [0.2, 0.25) is 6.79 Å². The monoisotopic (exact) mass is 378 g/mol. The Morgan fingerprint density at radius 3 is 2.85 bits per heavy atom. The second-order valence-corrected chi connectivity index (χ2v) is 6.27. The Kier molecular flexibility index (Phi) is 4.77. The minimum atomic E-state index is -0.277. The van der Waals surface area contributed by atoms with Crippen LogP contribution in [0.3, 0.4) is 0 Å². The molecule has 3 aromatic rings. The Morgan fingerprint density at radius 2 is 2.00 bits per heavy atom. The first-order valence-corrected chi connectivity index (χ1v) is 8.66. The molecule has 0 saturated heterocycles. The number of amides is 1. The molecule has 27 heavy (non-hydrogen) atoms. The first-order valence-electron chi connectivity index (χ1n) is 8.29. The van der Waals surface area contributed by atoms with Gasteiger partial charge in [-0.15, -0.1) is 0 Å². The number of carbonyl (C=O) groups is 1. The second-order valence-electron chi connectivity index (χ2n) is 5.86. The molecule has 4 rings (SSSR count). The van der Waals surface area contributed by atoms with E-state index in [1.807, 2.05) is 54.6 Å². The van der Waals surface area contributed by atoms with Crippen LogP contribution in [0.15, 0.2) is 60.8 Å². The summed E-state index contributed by atoms with van der Waals surface area (Å²) in [7, 11) is 0. The first-order chi connectivity index (χ1) is 13.2. The Hall–Kier alpha value is -3.31. The van der Waals surface area contributed by atoms with Crippen LogP contribution in [0.2, 0.25) is 5.02 Å². The number of fused-ring (bicyclic) bond motifs is 1. The van der Waals surface area contributed by atoms with E-state index in [2.05, 4.69) is 10.3 Å². The van der Waals surface area contributed by atoms with Crippen molar-refractivity contribution in [1.82, 2.24) is 4.98 Å². The van der Waals surface area contributed by atoms with E-state index >= 15 is 0 Å². The molecule has 0 bridgehead atoms. The molecule has 134 valence electrons. The first kappa shape index (κ1) is 17.1. The fourth-order valence-corrected chi connectivity index (χ4v) is 2.94. The number of benzene rings is 2. The van der Waals surface area contributed by atoms with Crippen LogP contribution in [0.5, 0.6) is 11.5 Å². The average molecular weight is 379 g/mol. The molecule has 2 heterocycles. The van der Waals surface area contributed by atoms with Crippen LogP contribution in [0.4, 0.5) is 5.69 Å². The van der Waals surface area contributed by atoms with E-state index in [4.69, 9.17) is 21.1 Å². The number of hydrogen-bond acceptors (Lipinski definition) is 4. The molecule has 0 spiro atoms. The predicted octanol–water partition coefficient (Wildman–Crippen LogP) is 4.89. The molecule has 0 saturated carbocycles. The van der Waals surface area contributed by atoms with E-state index < -0.39 is 0 Å². The van der Waals surface area contributed by atoms with Gasteiger partial charge in [0, 0.05) is 17.4 Å². The van der Waals surface area contributed by atoms with Crippen LogP contribution in [0, 0.1) is 0 Å². The number of ether oxygens (including phenoxy) is 2. The number of nitrogens with one attached hydrogen (secondary N) is 1. The highest BCUT2D eigenvalue weighted by molar-refractivity contribution is 6.32. The van der Waals surface area contributed by atoms with Crippen LogP contribution in [0.25, 0.3) is 12.2 Å². The number of anilines is 1. The summed E-state index contributed by atoms with van der Waals surface area (Å²) >= 11 is 6.15. The average Bonchev–Trinajstić information content (AvgIpc) is 3.17. The lowest BCUT2D eigenvalue weighted by atomic mass is 10.1. The van der Waals surface area contributed by atoms with Gasteiger partial charge in [-0.05, 0) is 48.0 Å². The molecule has 5 nitrogen and oxygen atoms in total. The Morgan fingerprint density at radius 1 is 1.07 bits per heavy atom. The van der Waals surface area contributed by atoms with Crippen molar-refractivity contribution in [1.29, 1.82) is 0 Å². The molecule has 1 aliphatic heterocycles. The molecular formula is C21H15ClN2O3. The highest BCUT2D eigenvalue weighted by Gasteiger charge is 2.20. The van der Waals surface area contributed by atoms with Crippen LogP contribution in [0.1, 0.15) is 21.6 Å². The topological polar surface area (TPSA) is 60.5 Å². The van der Waals surface area contributed by atoms with Crippen molar-refractivity contribution in [3.63, 3.8) is 0 Å². The summed E-state index contributed by atoms with van der Waals surface area (Å²) in [6, 6.07) is 16.4. The molecule has 6 heteroatoms. The fourth-order valence-electron chi connectivity index (χ4n) is 2.68. The lowest BCUT2D eigenvalue weighted by molar-refractivity contribution is 0.102. The summed E-state index contributed by atoms with van der Waals surface area (Å²) in [5.74, 6) is 0.663. The zero-order valence-electron chi connectivity index (χ0n) is 14.2. The molecule has 2 aromatic carbocycles. The van der Waals surface area contributed by atoms with Crippen molar-refractivity contribution in [2.24, 2.45) is 0 Å².